The lowest BCUT2D eigenvalue weighted by molar-refractivity contribution is -0.384. The van der Waals surface area contributed by atoms with Gasteiger partial charge in [0.25, 0.3) is 5.69 Å². The van der Waals surface area contributed by atoms with Crippen molar-refractivity contribution in [2.75, 3.05) is 18.6 Å². The van der Waals surface area contributed by atoms with Gasteiger partial charge < -0.3 is 9.64 Å². The third-order valence-corrected chi connectivity index (χ3v) is 4.02. The molecule has 0 bridgehead atoms. The minimum atomic E-state index is -0.483. The van der Waals surface area contributed by atoms with Gasteiger partial charge in [-0.1, -0.05) is 6.92 Å². The van der Waals surface area contributed by atoms with Crippen molar-refractivity contribution < 1.29 is 14.5 Å². The fourth-order valence-corrected chi connectivity index (χ4v) is 2.78. The third-order valence-electron chi connectivity index (χ3n) is 4.02. The number of carbonyl (C=O) groups excluding carboxylic acids is 1. The lowest BCUT2D eigenvalue weighted by atomic mass is 9.94. The maximum Gasteiger partial charge on any atom is 0.337 e. The Morgan fingerprint density at radius 3 is 2.71 bits per heavy atom. The Kier molecular flexibility index (Phi) is 4.45. The van der Waals surface area contributed by atoms with Crippen LogP contribution in [0.3, 0.4) is 0 Å². The highest BCUT2D eigenvalue weighted by atomic mass is 16.6. The molecule has 0 amide bonds. The van der Waals surface area contributed by atoms with Crippen LogP contribution < -0.4 is 4.90 Å². The summed E-state index contributed by atoms with van der Waals surface area (Å²) >= 11 is 0. The minimum Gasteiger partial charge on any atom is -0.465 e. The number of nitro benzene ring substituents is 1. The number of methoxy groups -OCH3 is 1. The average Bonchev–Trinajstić information content (AvgIpc) is 2.48. The molecule has 0 radical (unpaired) electrons. The molecule has 1 fully saturated rings. The second kappa shape index (κ2) is 6.11. The Morgan fingerprint density at radius 2 is 2.10 bits per heavy atom. The van der Waals surface area contributed by atoms with Crippen LogP contribution in [0.2, 0.25) is 0 Å². The van der Waals surface area contributed by atoms with Crippen LogP contribution in [0.25, 0.3) is 0 Å². The Labute approximate surface area is 123 Å². The summed E-state index contributed by atoms with van der Waals surface area (Å²) in [6.45, 7) is 4.95. The molecule has 21 heavy (non-hydrogen) atoms. The molecular weight excluding hydrogens is 272 g/mol. The first kappa shape index (κ1) is 15.3. The number of benzene rings is 1. The Bertz CT molecular complexity index is 559. The van der Waals surface area contributed by atoms with Crippen LogP contribution in [0.4, 0.5) is 11.4 Å². The molecule has 1 saturated heterocycles. The van der Waals surface area contributed by atoms with Crippen molar-refractivity contribution in [2.45, 2.75) is 32.7 Å². The smallest absolute Gasteiger partial charge is 0.337 e. The molecule has 6 heteroatoms. The summed E-state index contributed by atoms with van der Waals surface area (Å²) in [4.78, 5) is 24.6. The summed E-state index contributed by atoms with van der Waals surface area (Å²) < 4.78 is 4.70. The number of carbonyl (C=O) groups is 1. The zero-order valence-electron chi connectivity index (χ0n) is 12.5. The fraction of sp³-hybridized carbons (Fsp3) is 0.533. The number of hydrogen-bond donors (Lipinski definition) is 0. The molecule has 0 aromatic heterocycles. The monoisotopic (exact) mass is 292 g/mol. The standard InChI is InChI=1S/C15H20N2O4/c1-10-4-5-11(2)16(9-10)14-8-12(15(18)21-3)6-7-13(14)17(19)20/h6-8,10-11H,4-5,9H2,1-3H3. The molecule has 2 atom stereocenters. The Balaban J connectivity index is 2.47. The van der Waals surface area contributed by atoms with Gasteiger partial charge in [-0.2, -0.15) is 0 Å². The van der Waals surface area contributed by atoms with Crippen molar-refractivity contribution in [1.29, 1.82) is 0 Å². The van der Waals surface area contributed by atoms with E-state index in [1.165, 1.54) is 19.2 Å². The highest BCUT2D eigenvalue weighted by Gasteiger charge is 2.29. The number of ether oxygens (including phenoxy) is 1. The maximum atomic E-state index is 11.7. The molecule has 0 saturated carbocycles. The van der Waals surface area contributed by atoms with Crippen LogP contribution in [0.15, 0.2) is 18.2 Å². The van der Waals surface area contributed by atoms with Crippen molar-refractivity contribution in [3.8, 4) is 0 Å². The van der Waals surface area contributed by atoms with Gasteiger partial charge in [0.2, 0.25) is 0 Å². The van der Waals surface area contributed by atoms with Gasteiger partial charge >= 0.3 is 5.97 Å². The highest BCUT2D eigenvalue weighted by molar-refractivity contribution is 5.91. The second-order valence-electron chi connectivity index (χ2n) is 5.64. The molecule has 2 unspecified atom stereocenters. The van der Waals surface area contributed by atoms with E-state index in [2.05, 4.69) is 13.8 Å². The van der Waals surface area contributed by atoms with Gasteiger partial charge in [-0.15, -0.1) is 0 Å². The van der Waals surface area contributed by atoms with Gasteiger partial charge in [0.05, 0.1) is 17.6 Å². The highest BCUT2D eigenvalue weighted by Crippen LogP contribution is 2.35. The number of rotatable bonds is 3. The predicted octanol–water partition coefficient (Wildman–Crippen LogP) is 3.01. The lowest BCUT2D eigenvalue weighted by Crippen LogP contribution is -2.41. The van der Waals surface area contributed by atoms with Gasteiger partial charge in [0, 0.05) is 18.7 Å². The number of hydrogen-bond acceptors (Lipinski definition) is 5. The molecule has 1 aromatic carbocycles. The molecular formula is C15H20N2O4. The summed E-state index contributed by atoms with van der Waals surface area (Å²) in [6, 6.07) is 4.60. The molecule has 0 aliphatic carbocycles. The van der Waals surface area contributed by atoms with E-state index in [9.17, 15) is 14.9 Å². The topological polar surface area (TPSA) is 72.7 Å². The van der Waals surface area contributed by atoms with E-state index in [1.54, 1.807) is 6.07 Å². The van der Waals surface area contributed by atoms with E-state index in [-0.39, 0.29) is 11.7 Å². The van der Waals surface area contributed by atoms with Gasteiger partial charge in [0.1, 0.15) is 5.69 Å². The molecule has 0 N–H and O–H groups in total. The zero-order chi connectivity index (χ0) is 15.6. The van der Waals surface area contributed by atoms with Crippen molar-refractivity contribution in [2.24, 2.45) is 5.92 Å². The summed E-state index contributed by atoms with van der Waals surface area (Å²) in [7, 11) is 1.30. The first-order chi connectivity index (χ1) is 9.93. The van der Waals surface area contributed by atoms with Crippen molar-refractivity contribution in [3.63, 3.8) is 0 Å². The SMILES string of the molecule is COC(=O)c1ccc([N+](=O)[O-])c(N2CC(C)CCC2C)c1. The molecule has 0 spiro atoms. The van der Waals surface area contributed by atoms with Gasteiger partial charge in [-0.25, -0.2) is 4.79 Å². The molecule has 1 aromatic rings. The van der Waals surface area contributed by atoms with Gasteiger partial charge in [-0.05, 0) is 37.8 Å². The predicted molar refractivity (Wildman–Crippen MR) is 79.6 cm³/mol. The Morgan fingerprint density at radius 1 is 1.38 bits per heavy atom. The quantitative estimate of drug-likeness (QED) is 0.486. The van der Waals surface area contributed by atoms with Crippen LogP contribution in [0.5, 0.6) is 0 Å². The van der Waals surface area contributed by atoms with Crippen LogP contribution in [-0.2, 0) is 4.74 Å². The van der Waals surface area contributed by atoms with Gasteiger partial charge in [-0.3, -0.25) is 10.1 Å². The van der Waals surface area contributed by atoms with Crippen LogP contribution in [0, 0.1) is 16.0 Å². The number of nitro groups is 1. The number of esters is 1. The number of anilines is 1. The molecule has 1 aliphatic rings. The first-order valence-corrected chi connectivity index (χ1v) is 7.07. The normalized spacial score (nSPS) is 22.0. The number of nitrogens with zero attached hydrogens (tertiary/aromatic N) is 2. The van der Waals surface area contributed by atoms with E-state index in [0.29, 0.717) is 17.2 Å². The van der Waals surface area contributed by atoms with Crippen LogP contribution >= 0.6 is 0 Å². The van der Waals surface area contributed by atoms with Crippen molar-refractivity contribution >= 4 is 17.3 Å². The third kappa shape index (κ3) is 3.15. The van der Waals surface area contributed by atoms with Crippen molar-refractivity contribution in [3.05, 3.63) is 33.9 Å². The molecule has 6 nitrogen and oxygen atoms in total. The van der Waals surface area contributed by atoms with E-state index in [1.807, 2.05) is 4.90 Å². The molecule has 1 aliphatic heterocycles. The molecule has 114 valence electrons. The molecule has 1 heterocycles. The minimum absolute atomic E-state index is 0.0311. The van der Waals surface area contributed by atoms with E-state index < -0.39 is 10.9 Å². The lowest BCUT2D eigenvalue weighted by Gasteiger charge is -2.38. The van der Waals surface area contributed by atoms with E-state index >= 15 is 0 Å². The maximum absolute atomic E-state index is 11.7. The second-order valence-corrected chi connectivity index (χ2v) is 5.64. The first-order valence-electron chi connectivity index (χ1n) is 7.07. The van der Waals surface area contributed by atoms with E-state index in [4.69, 9.17) is 4.74 Å². The van der Waals surface area contributed by atoms with E-state index in [0.717, 1.165) is 19.4 Å². The summed E-state index contributed by atoms with van der Waals surface area (Å²) in [6.07, 6.45) is 2.10. The largest absolute Gasteiger partial charge is 0.465 e. The summed E-state index contributed by atoms with van der Waals surface area (Å²) in [5.74, 6) is -0.00792. The summed E-state index contributed by atoms with van der Waals surface area (Å²) in [5.41, 5.74) is 0.870. The van der Waals surface area contributed by atoms with Crippen LogP contribution in [0.1, 0.15) is 37.0 Å². The van der Waals surface area contributed by atoms with Crippen LogP contribution in [-0.4, -0.2) is 30.6 Å². The average molecular weight is 292 g/mol. The fourth-order valence-electron chi connectivity index (χ4n) is 2.78. The van der Waals surface area contributed by atoms with Crippen molar-refractivity contribution in [1.82, 2.24) is 0 Å². The Hall–Kier alpha value is -2.11. The zero-order valence-corrected chi connectivity index (χ0v) is 12.5. The van der Waals surface area contributed by atoms with Gasteiger partial charge in [0.15, 0.2) is 0 Å². The molecule has 2 rings (SSSR count). The number of piperidine rings is 1. The summed E-state index contributed by atoms with van der Waals surface area (Å²) in [5, 5.41) is 11.3.